The average molecular weight is 435 g/mol. The number of H-pyrrole nitrogens is 1. The Morgan fingerprint density at radius 2 is 1.81 bits per heavy atom. The van der Waals surface area contributed by atoms with Gasteiger partial charge in [-0.05, 0) is 42.5 Å². The van der Waals surface area contributed by atoms with Crippen LogP contribution in [0.3, 0.4) is 0 Å². The molecule has 31 heavy (non-hydrogen) atoms. The van der Waals surface area contributed by atoms with Gasteiger partial charge in [0.25, 0.3) is 5.91 Å². The number of amides is 1. The maximum Gasteiger partial charge on any atom is 0.254 e. The molecule has 3 N–H and O–H groups in total. The molecule has 0 fully saturated rings. The van der Waals surface area contributed by atoms with Crippen LogP contribution in [-0.2, 0) is 13.0 Å². The Balaban J connectivity index is 1.41. The molecule has 7 nitrogen and oxygen atoms in total. The summed E-state index contributed by atoms with van der Waals surface area (Å²) < 4.78 is 1.98. The number of rotatable bonds is 3. The molecule has 156 valence electrons. The predicted octanol–water partition coefficient (Wildman–Crippen LogP) is 4.13. The number of fused-ring (bicyclic) bond motifs is 1. The number of aromatic nitrogens is 3. The predicted molar refractivity (Wildman–Crippen MR) is 117 cm³/mol. The topological polar surface area (TPSA) is 94.4 Å². The largest absolute Gasteiger partial charge is 0.507 e. The highest BCUT2D eigenvalue weighted by atomic mass is 35.5. The molecule has 4 aromatic rings. The Kier molecular flexibility index (Phi) is 4.67. The maximum absolute atomic E-state index is 13.1. The highest BCUT2D eigenvalue weighted by Gasteiger charge is 2.27. The van der Waals surface area contributed by atoms with Crippen molar-refractivity contribution >= 4 is 17.5 Å². The minimum Gasteiger partial charge on any atom is -0.507 e. The quantitative estimate of drug-likeness (QED) is 0.452. The zero-order chi connectivity index (χ0) is 21.5. The van der Waals surface area contributed by atoms with Gasteiger partial charge in [-0.2, -0.15) is 5.10 Å². The van der Waals surface area contributed by atoms with Crippen LogP contribution >= 0.6 is 11.6 Å². The average Bonchev–Trinajstić information content (AvgIpc) is 3.46. The third kappa shape index (κ3) is 3.43. The van der Waals surface area contributed by atoms with Crippen molar-refractivity contribution in [3.63, 3.8) is 0 Å². The lowest BCUT2D eigenvalue weighted by atomic mass is 9.99. The molecule has 1 amide bonds. The minimum atomic E-state index is -0.201. The van der Waals surface area contributed by atoms with E-state index in [1.165, 1.54) is 12.1 Å². The molecule has 0 spiro atoms. The zero-order valence-corrected chi connectivity index (χ0v) is 17.2. The van der Waals surface area contributed by atoms with Gasteiger partial charge in [-0.3, -0.25) is 9.89 Å². The summed E-state index contributed by atoms with van der Waals surface area (Å²) in [6.07, 6.45) is 4.53. The number of phenols is 2. The fraction of sp³-hybridized carbons (Fsp3) is 0.130. The first kappa shape index (κ1) is 19.3. The Morgan fingerprint density at radius 1 is 1.06 bits per heavy atom. The number of benzene rings is 2. The number of nitrogens with zero attached hydrogens (tertiary/aromatic N) is 3. The second kappa shape index (κ2) is 7.52. The van der Waals surface area contributed by atoms with E-state index in [0.29, 0.717) is 36.3 Å². The van der Waals surface area contributed by atoms with Crippen LogP contribution in [0.25, 0.3) is 16.9 Å². The summed E-state index contributed by atoms with van der Waals surface area (Å²) in [4.78, 5) is 14.9. The molecule has 1 aliphatic rings. The fourth-order valence-electron chi connectivity index (χ4n) is 3.90. The smallest absolute Gasteiger partial charge is 0.254 e. The number of nitrogens with one attached hydrogen (secondary N) is 1. The summed E-state index contributed by atoms with van der Waals surface area (Å²) in [7, 11) is 0. The van der Waals surface area contributed by atoms with Gasteiger partial charge >= 0.3 is 0 Å². The third-order valence-electron chi connectivity index (χ3n) is 5.56. The molecule has 2 aromatic carbocycles. The van der Waals surface area contributed by atoms with E-state index in [2.05, 4.69) is 10.2 Å². The highest BCUT2D eigenvalue weighted by Crippen LogP contribution is 2.39. The maximum atomic E-state index is 13.1. The van der Waals surface area contributed by atoms with Crippen LogP contribution in [-0.4, -0.2) is 42.3 Å². The van der Waals surface area contributed by atoms with Crippen LogP contribution in [0.15, 0.2) is 60.9 Å². The first-order chi connectivity index (χ1) is 15.0. The van der Waals surface area contributed by atoms with E-state index >= 15 is 0 Å². The normalized spacial score (nSPS) is 13.3. The number of hydrogen-bond donors (Lipinski definition) is 3. The number of aromatic amines is 1. The van der Waals surface area contributed by atoms with E-state index in [4.69, 9.17) is 11.6 Å². The van der Waals surface area contributed by atoms with Crippen LogP contribution < -0.4 is 0 Å². The van der Waals surface area contributed by atoms with E-state index in [-0.39, 0.29) is 22.4 Å². The van der Waals surface area contributed by atoms with Gasteiger partial charge in [0.1, 0.15) is 17.2 Å². The van der Waals surface area contributed by atoms with Gasteiger partial charge in [0.05, 0.1) is 5.02 Å². The second-order valence-electron chi connectivity index (χ2n) is 7.46. The van der Waals surface area contributed by atoms with Gasteiger partial charge in [0.15, 0.2) is 0 Å². The number of hydrogen-bond acceptors (Lipinski definition) is 4. The molecule has 0 atom stereocenters. The van der Waals surface area contributed by atoms with E-state index in [0.717, 1.165) is 16.9 Å². The molecular weight excluding hydrogens is 416 g/mol. The summed E-state index contributed by atoms with van der Waals surface area (Å²) in [5.41, 5.74) is 4.28. The van der Waals surface area contributed by atoms with Crippen molar-refractivity contribution in [3.8, 4) is 28.4 Å². The molecule has 2 aromatic heterocycles. The van der Waals surface area contributed by atoms with Crippen LogP contribution in [0.1, 0.15) is 21.6 Å². The lowest BCUT2D eigenvalue weighted by Crippen LogP contribution is -2.35. The molecule has 0 radical (unpaired) electrons. The number of halogens is 1. The molecule has 0 unspecified atom stereocenters. The molecule has 0 bridgehead atoms. The van der Waals surface area contributed by atoms with Crippen molar-refractivity contribution < 1.29 is 15.0 Å². The van der Waals surface area contributed by atoms with Gasteiger partial charge in [0, 0.05) is 66.0 Å². The molecule has 5 rings (SSSR count). The first-order valence-corrected chi connectivity index (χ1v) is 10.2. The Morgan fingerprint density at radius 3 is 2.55 bits per heavy atom. The molecule has 3 heterocycles. The van der Waals surface area contributed by atoms with E-state index in [1.54, 1.807) is 4.90 Å². The van der Waals surface area contributed by atoms with Gasteiger partial charge in [-0.15, -0.1) is 0 Å². The van der Waals surface area contributed by atoms with Crippen LogP contribution in [0.4, 0.5) is 0 Å². The Bertz CT molecular complexity index is 1260. The van der Waals surface area contributed by atoms with Gasteiger partial charge < -0.3 is 19.7 Å². The summed E-state index contributed by atoms with van der Waals surface area (Å²) in [6, 6.07) is 14.1. The SMILES string of the molecule is O=C(c1ccc(-n2cccc2)cc1)N1CCc2[nH]nc(-c3cc(Cl)c(O)cc3O)c2C1. The summed E-state index contributed by atoms with van der Waals surface area (Å²) in [5, 5.41) is 27.5. The number of carbonyl (C=O) groups is 1. The summed E-state index contributed by atoms with van der Waals surface area (Å²) in [5.74, 6) is -0.391. The number of carbonyl (C=O) groups excluding carboxylic acids is 1. The first-order valence-electron chi connectivity index (χ1n) is 9.82. The van der Waals surface area contributed by atoms with Crippen LogP contribution in [0, 0.1) is 0 Å². The van der Waals surface area contributed by atoms with Crippen molar-refractivity contribution in [2.24, 2.45) is 0 Å². The van der Waals surface area contributed by atoms with Crippen molar-refractivity contribution in [3.05, 3.63) is 82.8 Å². The number of aromatic hydroxyl groups is 2. The summed E-state index contributed by atoms with van der Waals surface area (Å²) in [6.45, 7) is 0.923. The van der Waals surface area contributed by atoms with E-state index in [9.17, 15) is 15.0 Å². The standard InChI is InChI=1S/C23H19ClN4O3/c24-18-11-16(20(29)12-21(18)30)22-17-13-28(10-7-19(17)25-26-22)23(31)14-3-5-15(6-4-14)27-8-1-2-9-27/h1-6,8-9,11-12,29-30H,7,10,13H2,(H,25,26). The monoisotopic (exact) mass is 434 g/mol. The number of phenolic OH excluding ortho intramolecular Hbond substituents is 2. The van der Waals surface area contributed by atoms with Gasteiger partial charge in [0.2, 0.25) is 0 Å². The lowest BCUT2D eigenvalue weighted by molar-refractivity contribution is 0.0734. The fourth-order valence-corrected chi connectivity index (χ4v) is 4.06. The highest BCUT2D eigenvalue weighted by molar-refractivity contribution is 6.32. The van der Waals surface area contributed by atoms with E-state index < -0.39 is 0 Å². The second-order valence-corrected chi connectivity index (χ2v) is 7.87. The molecular formula is C23H19ClN4O3. The Hall–Kier alpha value is -3.71. The van der Waals surface area contributed by atoms with Gasteiger partial charge in [-0.25, -0.2) is 0 Å². The van der Waals surface area contributed by atoms with Crippen LogP contribution in [0.2, 0.25) is 5.02 Å². The zero-order valence-electron chi connectivity index (χ0n) is 16.4. The Labute approximate surface area is 183 Å². The summed E-state index contributed by atoms with van der Waals surface area (Å²) >= 11 is 6.03. The molecule has 1 aliphatic heterocycles. The van der Waals surface area contributed by atoms with Gasteiger partial charge in [-0.1, -0.05) is 11.6 Å². The van der Waals surface area contributed by atoms with Crippen molar-refractivity contribution in [2.45, 2.75) is 13.0 Å². The minimum absolute atomic E-state index is 0.0650. The lowest BCUT2D eigenvalue weighted by Gasteiger charge is -2.27. The molecule has 0 saturated carbocycles. The van der Waals surface area contributed by atoms with Crippen LogP contribution in [0.5, 0.6) is 11.5 Å². The van der Waals surface area contributed by atoms with Crippen molar-refractivity contribution in [1.82, 2.24) is 19.7 Å². The van der Waals surface area contributed by atoms with Crippen molar-refractivity contribution in [2.75, 3.05) is 6.54 Å². The molecule has 8 heteroatoms. The molecule has 0 aliphatic carbocycles. The third-order valence-corrected chi connectivity index (χ3v) is 5.86. The van der Waals surface area contributed by atoms with Crippen molar-refractivity contribution in [1.29, 1.82) is 0 Å². The van der Waals surface area contributed by atoms with E-state index in [1.807, 2.05) is 53.4 Å². The molecule has 0 saturated heterocycles.